The van der Waals surface area contributed by atoms with Crippen LogP contribution in [0.5, 0.6) is 0 Å². The zero-order valence-electron chi connectivity index (χ0n) is 9.63. The Morgan fingerprint density at radius 1 is 1.38 bits per heavy atom. The Morgan fingerprint density at radius 3 is 2.75 bits per heavy atom. The molecule has 0 atom stereocenters. The number of H-pyrrole nitrogens is 1. The summed E-state index contributed by atoms with van der Waals surface area (Å²) in [5.74, 6) is 0. The van der Waals surface area contributed by atoms with E-state index in [0.29, 0.717) is 5.56 Å². The van der Waals surface area contributed by atoms with Crippen LogP contribution in [0, 0.1) is 6.92 Å². The number of hydrogen-bond donors (Lipinski definition) is 2. The minimum Gasteiger partial charge on any atom is -0.326 e. The third kappa shape index (κ3) is 1.53. The SMILES string of the molecule is CCc1cccc2c(C)c(CN)c(=O)[nH]c12. The van der Waals surface area contributed by atoms with Gasteiger partial charge in [-0.25, -0.2) is 0 Å². The van der Waals surface area contributed by atoms with Crippen molar-refractivity contribution < 1.29 is 0 Å². The molecule has 3 nitrogen and oxygen atoms in total. The summed E-state index contributed by atoms with van der Waals surface area (Å²) in [6, 6.07) is 6.09. The molecule has 1 aromatic carbocycles. The monoisotopic (exact) mass is 216 g/mol. The Kier molecular flexibility index (Phi) is 2.79. The first kappa shape index (κ1) is 10.9. The molecule has 16 heavy (non-hydrogen) atoms. The van der Waals surface area contributed by atoms with Gasteiger partial charge in [-0.05, 0) is 24.5 Å². The van der Waals surface area contributed by atoms with Crippen molar-refractivity contribution in [1.29, 1.82) is 0 Å². The van der Waals surface area contributed by atoms with Crippen molar-refractivity contribution in [3.8, 4) is 0 Å². The first-order valence-electron chi connectivity index (χ1n) is 5.52. The zero-order chi connectivity index (χ0) is 11.7. The van der Waals surface area contributed by atoms with Gasteiger partial charge in [-0.2, -0.15) is 0 Å². The topological polar surface area (TPSA) is 58.9 Å². The molecule has 0 saturated heterocycles. The van der Waals surface area contributed by atoms with Gasteiger partial charge in [0, 0.05) is 17.5 Å². The summed E-state index contributed by atoms with van der Waals surface area (Å²) in [6.07, 6.45) is 0.911. The predicted molar refractivity (Wildman–Crippen MR) is 66.6 cm³/mol. The van der Waals surface area contributed by atoms with Gasteiger partial charge in [-0.15, -0.1) is 0 Å². The Hall–Kier alpha value is -1.61. The van der Waals surface area contributed by atoms with E-state index in [1.54, 1.807) is 0 Å². The van der Waals surface area contributed by atoms with Crippen LogP contribution in [0.2, 0.25) is 0 Å². The number of fused-ring (bicyclic) bond motifs is 1. The van der Waals surface area contributed by atoms with Crippen LogP contribution >= 0.6 is 0 Å². The number of rotatable bonds is 2. The minimum atomic E-state index is -0.0617. The molecule has 1 aromatic heterocycles. The standard InChI is InChI=1S/C13H16N2O/c1-3-9-5-4-6-10-8(2)11(7-14)13(16)15-12(9)10/h4-6H,3,7,14H2,1-2H3,(H,15,16). The van der Waals surface area contributed by atoms with Crippen molar-refractivity contribution in [2.45, 2.75) is 26.8 Å². The number of nitrogens with one attached hydrogen (secondary N) is 1. The average molecular weight is 216 g/mol. The first-order valence-corrected chi connectivity index (χ1v) is 5.52. The van der Waals surface area contributed by atoms with E-state index < -0.39 is 0 Å². The van der Waals surface area contributed by atoms with Crippen LogP contribution in [-0.2, 0) is 13.0 Å². The van der Waals surface area contributed by atoms with Gasteiger partial charge in [0.15, 0.2) is 0 Å². The van der Waals surface area contributed by atoms with Gasteiger partial charge in [0.2, 0.25) is 0 Å². The summed E-state index contributed by atoms with van der Waals surface area (Å²) in [4.78, 5) is 14.8. The lowest BCUT2D eigenvalue weighted by molar-refractivity contribution is 1.01. The summed E-state index contributed by atoms with van der Waals surface area (Å²) >= 11 is 0. The molecule has 0 spiro atoms. The summed E-state index contributed by atoms with van der Waals surface area (Å²) in [6.45, 7) is 4.33. The summed E-state index contributed by atoms with van der Waals surface area (Å²) in [7, 11) is 0. The third-order valence-electron chi connectivity index (χ3n) is 3.11. The molecule has 0 amide bonds. The second-order valence-electron chi connectivity index (χ2n) is 3.96. The van der Waals surface area contributed by atoms with Crippen LogP contribution in [0.4, 0.5) is 0 Å². The van der Waals surface area contributed by atoms with Crippen molar-refractivity contribution in [3.05, 3.63) is 45.2 Å². The highest BCUT2D eigenvalue weighted by Crippen LogP contribution is 2.20. The molecule has 0 aliphatic carbocycles. The molecule has 0 fully saturated rings. The Balaban J connectivity index is 2.92. The average Bonchev–Trinajstić information content (AvgIpc) is 2.29. The Morgan fingerprint density at radius 2 is 2.12 bits per heavy atom. The molecule has 2 aromatic rings. The fraction of sp³-hybridized carbons (Fsp3) is 0.308. The van der Waals surface area contributed by atoms with E-state index in [0.717, 1.165) is 22.9 Å². The number of hydrogen-bond acceptors (Lipinski definition) is 2. The van der Waals surface area contributed by atoms with Crippen LogP contribution in [0.15, 0.2) is 23.0 Å². The van der Waals surface area contributed by atoms with Crippen molar-refractivity contribution in [1.82, 2.24) is 4.98 Å². The maximum atomic E-state index is 11.8. The summed E-state index contributed by atoms with van der Waals surface area (Å²) in [5.41, 5.74) is 9.33. The van der Waals surface area contributed by atoms with E-state index in [-0.39, 0.29) is 12.1 Å². The lowest BCUT2D eigenvalue weighted by Crippen LogP contribution is -2.18. The second-order valence-corrected chi connectivity index (χ2v) is 3.96. The summed E-state index contributed by atoms with van der Waals surface area (Å²) < 4.78 is 0. The van der Waals surface area contributed by atoms with Crippen LogP contribution in [-0.4, -0.2) is 4.98 Å². The highest BCUT2D eigenvalue weighted by molar-refractivity contribution is 5.85. The van der Waals surface area contributed by atoms with Gasteiger partial charge >= 0.3 is 0 Å². The fourth-order valence-electron chi connectivity index (χ4n) is 2.12. The first-order chi connectivity index (χ1) is 7.69. The van der Waals surface area contributed by atoms with E-state index >= 15 is 0 Å². The van der Waals surface area contributed by atoms with Crippen LogP contribution in [0.25, 0.3) is 10.9 Å². The van der Waals surface area contributed by atoms with Crippen molar-refractivity contribution in [2.75, 3.05) is 0 Å². The number of aromatic nitrogens is 1. The van der Waals surface area contributed by atoms with Crippen LogP contribution < -0.4 is 11.3 Å². The lowest BCUT2D eigenvalue weighted by atomic mass is 10.0. The maximum Gasteiger partial charge on any atom is 0.253 e. The summed E-state index contributed by atoms with van der Waals surface area (Å²) in [5, 5.41) is 1.10. The molecule has 1 heterocycles. The van der Waals surface area contributed by atoms with Gasteiger partial charge < -0.3 is 10.7 Å². The molecule has 0 aliphatic heterocycles. The Labute approximate surface area is 94.3 Å². The van der Waals surface area contributed by atoms with Crippen LogP contribution in [0.3, 0.4) is 0 Å². The number of pyridine rings is 1. The fourth-order valence-corrected chi connectivity index (χ4v) is 2.12. The molecule has 0 radical (unpaired) electrons. The highest BCUT2D eigenvalue weighted by Gasteiger charge is 2.09. The number of para-hydroxylation sites is 1. The molecule has 3 heteroatoms. The molecule has 0 bridgehead atoms. The molecule has 3 N–H and O–H groups in total. The smallest absolute Gasteiger partial charge is 0.253 e. The van der Waals surface area contributed by atoms with E-state index in [2.05, 4.69) is 11.9 Å². The number of benzene rings is 1. The minimum absolute atomic E-state index is 0.0617. The normalized spacial score (nSPS) is 10.9. The molecular weight excluding hydrogens is 200 g/mol. The van der Waals surface area contributed by atoms with Crippen molar-refractivity contribution in [3.63, 3.8) is 0 Å². The molecule has 2 rings (SSSR count). The van der Waals surface area contributed by atoms with E-state index in [4.69, 9.17) is 5.73 Å². The van der Waals surface area contributed by atoms with E-state index in [9.17, 15) is 4.79 Å². The van der Waals surface area contributed by atoms with E-state index in [1.165, 1.54) is 5.56 Å². The van der Waals surface area contributed by atoms with Gasteiger partial charge in [-0.3, -0.25) is 4.79 Å². The number of nitrogens with two attached hydrogens (primary N) is 1. The van der Waals surface area contributed by atoms with Crippen molar-refractivity contribution in [2.24, 2.45) is 5.73 Å². The number of aromatic amines is 1. The van der Waals surface area contributed by atoms with E-state index in [1.807, 2.05) is 25.1 Å². The highest BCUT2D eigenvalue weighted by atomic mass is 16.1. The molecule has 0 unspecified atom stereocenters. The predicted octanol–water partition coefficient (Wildman–Crippen LogP) is 1.86. The van der Waals surface area contributed by atoms with Gasteiger partial charge in [0.05, 0.1) is 5.52 Å². The Bertz CT molecular complexity index is 584. The maximum absolute atomic E-state index is 11.8. The molecule has 0 saturated carbocycles. The molecule has 84 valence electrons. The third-order valence-corrected chi connectivity index (χ3v) is 3.11. The van der Waals surface area contributed by atoms with Gasteiger partial charge in [0.1, 0.15) is 0 Å². The lowest BCUT2D eigenvalue weighted by Gasteiger charge is -2.09. The molecular formula is C13H16N2O. The van der Waals surface area contributed by atoms with Gasteiger partial charge in [-0.1, -0.05) is 25.1 Å². The quantitative estimate of drug-likeness (QED) is 0.805. The number of aryl methyl sites for hydroxylation is 2. The second kappa shape index (κ2) is 4.10. The van der Waals surface area contributed by atoms with Crippen LogP contribution in [0.1, 0.15) is 23.6 Å². The largest absolute Gasteiger partial charge is 0.326 e. The zero-order valence-corrected chi connectivity index (χ0v) is 9.63. The van der Waals surface area contributed by atoms with Crippen molar-refractivity contribution >= 4 is 10.9 Å². The molecule has 0 aliphatic rings. The van der Waals surface area contributed by atoms with Gasteiger partial charge in [0.25, 0.3) is 5.56 Å².